The van der Waals surface area contributed by atoms with Gasteiger partial charge in [0.2, 0.25) is 11.7 Å². The Kier molecular flexibility index (Phi) is 7.00. The van der Waals surface area contributed by atoms with Crippen molar-refractivity contribution < 1.29 is 14.0 Å². The molecule has 0 atom stereocenters. The summed E-state index contributed by atoms with van der Waals surface area (Å²) >= 11 is 0. The van der Waals surface area contributed by atoms with Crippen LogP contribution in [0.5, 0.6) is 5.75 Å². The quantitative estimate of drug-likeness (QED) is 0.788. The van der Waals surface area contributed by atoms with Crippen molar-refractivity contribution in [3.63, 3.8) is 0 Å². The fourth-order valence-corrected chi connectivity index (χ4v) is 1.55. The fourth-order valence-electron chi connectivity index (χ4n) is 1.55. The number of hydrogen-bond donors (Lipinski definition) is 1. The summed E-state index contributed by atoms with van der Waals surface area (Å²) in [5.41, 5.74) is 0.896. The number of aromatic nitrogens is 2. The van der Waals surface area contributed by atoms with E-state index in [1.54, 1.807) is 14.2 Å². The smallest absolute Gasteiger partial charge is 0.240 e. The van der Waals surface area contributed by atoms with Crippen molar-refractivity contribution in [1.82, 2.24) is 15.5 Å². The fraction of sp³-hybridized carbons (Fsp3) is 0.385. The van der Waals surface area contributed by atoms with Crippen LogP contribution in [0.1, 0.15) is 5.89 Å². The third-order valence-electron chi connectivity index (χ3n) is 2.58. The van der Waals surface area contributed by atoms with E-state index in [4.69, 9.17) is 14.0 Å². The van der Waals surface area contributed by atoms with E-state index in [1.165, 1.54) is 0 Å². The molecule has 0 aliphatic heterocycles. The second-order valence-corrected chi connectivity index (χ2v) is 3.91. The first-order chi connectivity index (χ1) is 9.33. The Morgan fingerprint density at radius 2 is 1.95 bits per heavy atom. The van der Waals surface area contributed by atoms with Gasteiger partial charge < -0.3 is 19.3 Å². The topological polar surface area (TPSA) is 69.4 Å². The summed E-state index contributed by atoms with van der Waals surface area (Å²) in [6.07, 6.45) is 0. The molecule has 1 aromatic carbocycles. The number of methoxy groups -OCH3 is 2. The predicted octanol–water partition coefficient (Wildman–Crippen LogP) is 1.90. The highest BCUT2D eigenvalue weighted by atomic mass is 35.5. The predicted molar refractivity (Wildman–Crippen MR) is 77.1 cm³/mol. The van der Waals surface area contributed by atoms with Crippen molar-refractivity contribution in [3.8, 4) is 17.1 Å². The van der Waals surface area contributed by atoms with Crippen molar-refractivity contribution in [1.29, 1.82) is 0 Å². The van der Waals surface area contributed by atoms with Gasteiger partial charge in [0.25, 0.3) is 0 Å². The number of hydrogen-bond acceptors (Lipinski definition) is 6. The molecule has 0 bridgehead atoms. The van der Waals surface area contributed by atoms with Crippen molar-refractivity contribution >= 4 is 12.4 Å². The molecular formula is C13H18ClN3O3. The molecule has 2 rings (SSSR count). The molecule has 0 aliphatic rings. The highest BCUT2D eigenvalue weighted by Gasteiger charge is 2.08. The highest BCUT2D eigenvalue weighted by molar-refractivity contribution is 5.85. The molecule has 0 spiro atoms. The van der Waals surface area contributed by atoms with Gasteiger partial charge in [-0.2, -0.15) is 4.98 Å². The number of nitrogens with zero attached hydrogens (tertiary/aromatic N) is 2. The van der Waals surface area contributed by atoms with Gasteiger partial charge in [-0.05, 0) is 24.3 Å². The Balaban J connectivity index is 0.00000200. The van der Waals surface area contributed by atoms with Crippen LogP contribution in [0.25, 0.3) is 11.4 Å². The van der Waals surface area contributed by atoms with Crippen LogP contribution in [0.3, 0.4) is 0 Å². The minimum Gasteiger partial charge on any atom is -0.497 e. The van der Waals surface area contributed by atoms with E-state index < -0.39 is 0 Å². The Labute approximate surface area is 123 Å². The standard InChI is InChI=1S/C13H17N3O3.ClH/c1-17-8-7-14-9-12-15-13(16-19-12)10-3-5-11(18-2)6-4-10;/h3-6,14H,7-9H2,1-2H3;1H. The largest absolute Gasteiger partial charge is 0.497 e. The molecule has 1 heterocycles. The normalized spacial score (nSPS) is 10.1. The lowest BCUT2D eigenvalue weighted by molar-refractivity contribution is 0.197. The maximum Gasteiger partial charge on any atom is 0.240 e. The average Bonchev–Trinajstić information content (AvgIpc) is 2.92. The zero-order valence-electron chi connectivity index (χ0n) is 11.5. The minimum absolute atomic E-state index is 0. The lowest BCUT2D eigenvalue weighted by atomic mass is 10.2. The molecule has 0 aliphatic carbocycles. The first-order valence-electron chi connectivity index (χ1n) is 6.00. The third-order valence-corrected chi connectivity index (χ3v) is 2.58. The summed E-state index contributed by atoms with van der Waals surface area (Å²) in [4.78, 5) is 4.31. The lowest BCUT2D eigenvalue weighted by Crippen LogP contribution is -2.18. The molecule has 6 nitrogen and oxygen atoms in total. The molecule has 0 amide bonds. The van der Waals surface area contributed by atoms with Crippen LogP contribution in [-0.4, -0.2) is 37.5 Å². The van der Waals surface area contributed by atoms with Crippen molar-refractivity contribution in [3.05, 3.63) is 30.2 Å². The summed E-state index contributed by atoms with van der Waals surface area (Å²) in [6, 6.07) is 7.52. The van der Waals surface area contributed by atoms with Crippen LogP contribution < -0.4 is 10.1 Å². The number of rotatable bonds is 7. The van der Waals surface area contributed by atoms with Crippen LogP contribution in [0, 0.1) is 0 Å². The maximum absolute atomic E-state index is 5.16. The zero-order valence-corrected chi connectivity index (χ0v) is 12.3. The first-order valence-corrected chi connectivity index (χ1v) is 6.00. The SMILES string of the molecule is COCCNCc1nc(-c2ccc(OC)cc2)no1.Cl. The van der Waals surface area contributed by atoms with Crippen LogP contribution in [0.4, 0.5) is 0 Å². The van der Waals surface area contributed by atoms with Gasteiger partial charge in [0.1, 0.15) is 5.75 Å². The zero-order chi connectivity index (χ0) is 13.5. The summed E-state index contributed by atoms with van der Waals surface area (Å²) in [6.45, 7) is 1.93. The van der Waals surface area contributed by atoms with Crippen molar-refractivity contribution in [2.24, 2.45) is 0 Å². The summed E-state index contributed by atoms with van der Waals surface area (Å²) in [7, 11) is 3.29. The molecule has 1 aromatic heterocycles. The van der Waals surface area contributed by atoms with Crippen LogP contribution in [-0.2, 0) is 11.3 Å². The van der Waals surface area contributed by atoms with Gasteiger partial charge in [-0.1, -0.05) is 5.16 Å². The summed E-state index contributed by atoms with van der Waals surface area (Å²) < 4.78 is 15.2. The van der Waals surface area contributed by atoms with Gasteiger partial charge in [-0.15, -0.1) is 12.4 Å². The molecule has 7 heteroatoms. The van der Waals surface area contributed by atoms with Gasteiger partial charge in [-0.3, -0.25) is 0 Å². The Bertz CT molecular complexity index is 502. The molecule has 110 valence electrons. The van der Waals surface area contributed by atoms with Gasteiger partial charge in [-0.25, -0.2) is 0 Å². The van der Waals surface area contributed by atoms with E-state index in [1.807, 2.05) is 24.3 Å². The first kappa shape index (κ1) is 16.4. The second-order valence-electron chi connectivity index (χ2n) is 3.91. The van der Waals surface area contributed by atoms with Gasteiger partial charge in [0.05, 0.1) is 20.3 Å². The van der Waals surface area contributed by atoms with Crippen LogP contribution >= 0.6 is 12.4 Å². The number of benzene rings is 1. The highest BCUT2D eigenvalue weighted by Crippen LogP contribution is 2.19. The molecule has 20 heavy (non-hydrogen) atoms. The van der Waals surface area contributed by atoms with E-state index in [-0.39, 0.29) is 12.4 Å². The molecule has 0 fully saturated rings. The van der Waals surface area contributed by atoms with E-state index in [0.29, 0.717) is 24.9 Å². The molecule has 1 N–H and O–H groups in total. The van der Waals surface area contributed by atoms with E-state index in [9.17, 15) is 0 Å². The van der Waals surface area contributed by atoms with Crippen LogP contribution in [0.15, 0.2) is 28.8 Å². The summed E-state index contributed by atoms with van der Waals surface area (Å²) in [5, 5.41) is 7.09. The van der Waals surface area contributed by atoms with Crippen molar-refractivity contribution in [2.75, 3.05) is 27.4 Å². The minimum atomic E-state index is 0. The van der Waals surface area contributed by atoms with E-state index in [0.717, 1.165) is 17.9 Å². The molecular weight excluding hydrogens is 282 g/mol. The average molecular weight is 300 g/mol. The third kappa shape index (κ3) is 4.48. The maximum atomic E-state index is 5.16. The monoisotopic (exact) mass is 299 g/mol. The van der Waals surface area contributed by atoms with Crippen LogP contribution in [0.2, 0.25) is 0 Å². The molecule has 0 radical (unpaired) electrons. The van der Waals surface area contributed by atoms with Gasteiger partial charge >= 0.3 is 0 Å². The molecule has 2 aromatic rings. The number of nitrogens with one attached hydrogen (secondary N) is 1. The lowest BCUT2D eigenvalue weighted by Gasteiger charge is -1.99. The molecule has 0 saturated heterocycles. The Hall–Kier alpha value is -1.63. The Morgan fingerprint density at radius 3 is 2.60 bits per heavy atom. The number of ether oxygens (including phenoxy) is 2. The molecule has 0 unspecified atom stereocenters. The summed E-state index contributed by atoms with van der Waals surface area (Å²) in [5.74, 6) is 1.93. The van der Waals surface area contributed by atoms with Gasteiger partial charge in [0.15, 0.2) is 0 Å². The Morgan fingerprint density at radius 1 is 1.20 bits per heavy atom. The van der Waals surface area contributed by atoms with E-state index >= 15 is 0 Å². The van der Waals surface area contributed by atoms with Crippen molar-refractivity contribution in [2.45, 2.75) is 6.54 Å². The van der Waals surface area contributed by atoms with Gasteiger partial charge in [0, 0.05) is 19.2 Å². The second kappa shape index (κ2) is 8.52. The van der Waals surface area contributed by atoms with E-state index in [2.05, 4.69) is 15.5 Å². The molecule has 0 saturated carbocycles. The number of halogens is 1.